The van der Waals surface area contributed by atoms with Crippen LogP contribution in [-0.2, 0) is 0 Å². The summed E-state index contributed by atoms with van der Waals surface area (Å²) in [6.07, 6.45) is 0. The first-order valence-corrected chi connectivity index (χ1v) is 8.62. The number of rotatable bonds is 5. The lowest BCUT2D eigenvalue weighted by Gasteiger charge is -2.07. The summed E-state index contributed by atoms with van der Waals surface area (Å²) in [6, 6.07) is 21.8. The number of benzene rings is 2. The molecule has 4 aromatic rings. The number of nitrogens with one attached hydrogen (secondary N) is 2. The van der Waals surface area contributed by atoms with Crippen LogP contribution in [0.25, 0.3) is 10.9 Å². The number of H-pyrrole nitrogens is 1. The predicted molar refractivity (Wildman–Crippen MR) is 101 cm³/mol. The van der Waals surface area contributed by atoms with Gasteiger partial charge in [0.25, 0.3) is 0 Å². The SMILES string of the molecule is COc1cccc(Sc2cccc(Nc3n[nH]c4ccccc34)n2)c1. The van der Waals surface area contributed by atoms with E-state index in [0.29, 0.717) is 0 Å². The van der Waals surface area contributed by atoms with Gasteiger partial charge in [-0.1, -0.05) is 36.0 Å². The van der Waals surface area contributed by atoms with Crippen LogP contribution in [-0.4, -0.2) is 22.3 Å². The number of hydrogen-bond donors (Lipinski definition) is 2. The van der Waals surface area contributed by atoms with Crippen molar-refractivity contribution in [3.05, 3.63) is 66.7 Å². The predicted octanol–water partition coefficient (Wildman–Crippen LogP) is 4.86. The van der Waals surface area contributed by atoms with Gasteiger partial charge in [0, 0.05) is 10.3 Å². The van der Waals surface area contributed by atoms with E-state index < -0.39 is 0 Å². The summed E-state index contributed by atoms with van der Waals surface area (Å²) in [5, 5.41) is 12.6. The number of methoxy groups -OCH3 is 1. The van der Waals surface area contributed by atoms with Gasteiger partial charge < -0.3 is 10.1 Å². The van der Waals surface area contributed by atoms with Crippen LogP contribution in [0, 0.1) is 0 Å². The number of anilines is 2. The summed E-state index contributed by atoms with van der Waals surface area (Å²) in [5.74, 6) is 2.36. The van der Waals surface area contributed by atoms with Gasteiger partial charge in [0.15, 0.2) is 5.82 Å². The fraction of sp³-hybridized carbons (Fsp3) is 0.0526. The molecule has 0 radical (unpaired) electrons. The van der Waals surface area contributed by atoms with E-state index in [-0.39, 0.29) is 0 Å². The maximum absolute atomic E-state index is 5.27. The first-order chi connectivity index (χ1) is 12.3. The molecule has 0 aliphatic rings. The lowest BCUT2D eigenvalue weighted by molar-refractivity contribution is 0.413. The van der Waals surface area contributed by atoms with Gasteiger partial charge in [-0.05, 0) is 42.5 Å². The number of ether oxygens (including phenoxy) is 1. The first-order valence-electron chi connectivity index (χ1n) is 7.81. The highest BCUT2D eigenvalue weighted by molar-refractivity contribution is 7.99. The minimum absolute atomic E-state index is 0.755. The van der Waals surface area contributed by atoms with Crippen molar-refractivity contribution in [1.82, 2.24) is 15.2 Å². The van der Waals surface area contributed by atoms with Crippen molar-refractivity contribution in [1.29, 1.82) is 0 Å². The lowest BCUT2D eigenvalue weighted by Crippen LogP contribution is -1.95. The van der Waals surface area contributed by atoms with Crippen LogP contribution in [0.1, 0.15) is 0 Å². The minimum atomic E-state index is 0.755. The highest BCUT2D eigenvalue weighted by Crippen LogP contribution is 2.30. The van der Waals surface area contributed by atoms with E-state index >= 15 is 0 Å². The fourth-order valence-electron chi connectivity index (χ4n) is 2.51. The van der Waals surface area contributed by atoms with Crippen molar-refractivity contribution in [2.24, 2.45) is 0 Å². The Labute approximate surface area is 149 Å². The van der Waals surface area contributed by atoms with Gasteiger partial charge in [-0.2, -0.15) is 5.10 Å². The van der Waals surface area contributed by atoms with E-state index in [1.54, 1.807) is 18.9 Å². The molecule has 124 valence electrons. The third-order valence-corrected chi connectivity index (χ3v) is 4.63. The standard InChI is InChI=1S/C19H16N4OS/c1-24-13-6-4-7-14(12-13)25-18-11-5-10-17(20-18)21-19-15-8-2-3-9-16(15)22-23-19/h2-12H,1H3,(H2,20,21,22,23). The maximum atomic E-state index is 5.27. The summed E-state index contributed by atoms with van der Waals surface area (Å²) in [7, 11) is 1.67. The van der Waals surface area contributed by atoms with E-state index in [4.69, 9.17) is 4.74 Å². The van der Waals surface area contributed by atoms with Crippen LogP contribution in [0.2, 0.25) is 0 Å². The summed E-state index contributed by atoms with van der Waals surface area (Å²) in [4.78, 5) is 5.74. The molecule has 0 bridgehead atoms. The van der Waals surface area contributed by atoms with Crippen molar-refractivity contribution in [2.45, 2.75) is 9.92 Å². The van der Waals surface area contributed by atoms with Crippen molar-refractivity contribution in [3.63, 3.8) is 0 Å². The summed E-state index contributed by atoms with van der Waals surface area (Å²) in [5.41, 5.74) is 0.993. The van der Waals surface area contributed by atoms with Gasteiger partial charge in [0.05, 0.1) is 12.6 Å². The molecule has 0 saturated heterocycles. The molecule has 0 amide bonds. The number of aromatic amines is 1. The molecule has 0 unspecified atom stereocenters. The number of hydrogen-bond acceptors (Lipinski definition) is 5. The molecule has 2 heterocycles. The van der Waals surface area contributed by atoms with Gasteiger partial charge in [-0.25, -0.2) is 4.98 Å². The van der Waals surface area contributed by atoms with E-state index in [1.165, 1.54) is 0 Å². The molecule has 5 nitrogen and oxygen atoms in total. The number of aromatic nitrogens is 3. The molecule has 0 atom stereocenters. The molecule has 25 heavy (non-hydrogen) atoms. The Balaban J connectivity index is 1.57. The van der Waals surface area contributed by atoms with E-state index in [1.807, 2.05) is 66.7 Å². The molecular weight excluding hydrogens is 332 g/mol. The van der Waals surface area contributed by atoms with Crippen LogP contribution in [0.4, 0.5) is 11.6 Å². The minimum Gasteiger partial charge on any atom is -0.497 e. The molecular formula is C19H16N4OS. The van der Waals surface area contributed by atoms with Crippen LogP contribution in [0.15, 0.2) is 76.7 Å². The van der Waals surface area contributed by atoms with Crippen molar-refractivity contribution >= 4 is 34.3 Å². The Morgan fingerprint density at radius 3 is 2.80 bits per heavy atom. The van der Waals surface area contributed by atoms with E-state index in [0.717, 1.165) is 38.2 Å². The number of nitrogens with zero attached hydrogens (tertiary/aromatic N) is 2. The second-order valence-corrected chi connectivity index (χ2v) is 6.48. The van der Waals surface area contributed by atoms with Crippen LogP contribution in [0.5, 0.6) is 5.75 Å². The summed E-state index contributed by atoms with van der Waals surface area (Å²) >= 11 is 1.59. The van der Waals surface area contributed by atoms with Crippen LogP contribution in [0.3, 0.4) is 0 Å². The molecule has 0 saturated carbocycles. The smallest absolute Gasteiger partial charge is 0.161 e. The zero-order valence-electron chi connectivity index (χ0n) is 13.6. The van der Waals surface area contributed by atoms with Crippen molar-refractivity contribution in [2.75, 3.05) is 12.4 Å². The fourth-order valence-corrected chi connectivity index (χ4v) is 3.36. The number of fused-ring (bicyclic) bond motifs is 1. The van der Waals surface area contributed by atoms with Gasteiger partial charge in [0.2, 0.25) is 0 Å². The molecule has 2 aromatic carbocycles. The average Bonchev–Trinajstić information content (AvgIpc) is 3.05. The second kappa shape index (κ2) is 6.86. The number of pyridine rings is 1. The second-order valence-electron chi connectivity index (χ2n) is 5.38. The van der Waals surface area contributed by atoms with E-state index in [9.17, 15) is 0 Å². The zero-order valence-corrected chi connectivity index (χ0v) is 14.4. The highest BCUT2D eigenvalue weighted by atomic mass is 32.2. The van der Waals surface area contributed by atoms with Crippen molar-refractivity contribution < 1.29 is 4.74 Å². The van der Waals surface area contributed by atoms with Gasteiger partial charge in [0.1, 0.15) is 16.6 Å². The van der Waals surface area contributed by atoms with Crippen LogP contribution >= 0.6 is 11.8 Å². The topological polar surface area (TPSA) is 62.8 Å². The molecule has 0 fully saturated rings. The third-order valence-electron chi connectivity index (χ3n) is 3.70. The quantitative estimate of drug-likeness (QED) is 0.539. The Kier molecular flexibility index (Phi) is 4.26. The summed E-state index contributed by atoms with van der Waals surface area (Å²) < 4.78 is 5.27. The van der Waals surface area contributed by atoms with Gasteiger partial charge in [-0.15, -0.1) is 0 Å². The monoisotopic (exact) mass is 348 g/mol. The molecule has 0 aliphatic carbocycles. The number of para-hydroxylation sites is 1. The maximum Gasteiger partial charge on any atom is 0.161 e. The van der Waals surface area contributed by atoms with Crippen LogP contribution < -0.4 is 10.1 Å². The lowest BCUT2D eigenvalue weighted by atomic mass is 10.2. The highest BCUT2D eigenvalue weighted by Gasteiger charge is 2.07. The Morgan fingerprint density at radius 1 is 1.00 bits per heavy atom. The normalized spacial score (nSPS) is 10.8. The molecule has 0 aliphatic heterocycles. The third kappa shape index (κ3) is 3.44. The van der Waals surface area contributed by atoms with E-state index in [2.05, 4.69) is 20.5 Å². The molecule has 4 rings (SSSR count). The molecule has 2 aromatic heterocycles. The Bertz CT molecular complexity index is 1010. The Hall–Kier alpha value is -2.99. The molecule has 2 N–H and O–H groups in total. The largest absolute Gasteiger partial charge is 0.497 e. The Morgan fingerprint density at radius 2 is 1.88 bits per heavy atom. The zero-order chi connectivity index (χ0) is 17.1. The summed E-state index contributed by atoms with van der Waals surface area (Å²) in [6.45, 7) is 0. The molecule has 0 spiro atoms. The first kappa shape index (κ1) is 15.5. The van der Waals surface area contributed by atoms with Gasteiger partial charge in [-0.3, -0.25) is 5.10 Å². The van der Waals surface area contributed by atoms with Gasteiger partial charge >= 0.3 is 0 Å². The average molecular weight is 348 g/mol. The van der Waals surface area contributed by atoms with Crippen molar-refractivity contribution in [3.8, 4) is 5.75 Å². The molecule has 6 heteroatoms.